The first-order valence-corrected chi connectivity index (χ1v) is 5.37. The number of pyridine rings is 1. The van der Waals surface area contributed by atoms with Crippen molar-refractivity contribution in [2.75, 3.05) is 5.32 Å². The van der Waals surface area contributed by atoms with Gasteiger partial charge < -0.3 is 5.32 Å². The lowest BCUT2D eigenvalue weighted by molar-refractivity contribution is -0.110. The van der Waals surface area contributed by atoms with E-state index in [4.69, 9.17) is 0 Å². The van der Waals surface area contributed by atoms with Gasteiger partial charge in [0.2, 0.25) is 0 Å². The van der Waals surface area contributed by atoms with Crippen molar-refractivity contribution in [2.45, 2.75) is 0 Å². The van der Waals surface area contributed by atoms with Gasteiger partial charge in [-0.05, 0) is 23.8 Å². The summed E-state index contributed by atoms with van der Waals surface area (Å²) in [6.45, 7) is 0. The molecule has 1 aliphatic rings. The molecule has 2 aromatic rings. The largest absolute Gasteiger partial charge is 0.321 e. The Morgan fingerprint density at radius 1 is 1.12 bits per heavy atom. The Hall–Kier alpha value is -2.42. The molecule has 0 atom stereocenters. The van der Waals surface area contributed by atoms with Gasteiger partial charge in [0, 0.05) is 29.2 Å². The molecular formula is C14H10N2O. The van der Waals surface area contributed by atoms with Crippen LogP contribution in [0.15, 0.2) is 48.8 Å². The molecular weight excluding hydrogens is 212 g/mol. The van der Waals surface area contributed by atoms with Gasteiger partial charge >= 0.3 is 0 Å². The van der Waals surface area contributed by atoms with Crippen molar-refractivity contribution in [1.29, 1.82) is 0 Å². The molecule has 0 radical (unpaired) electrons. The van der Waals surface area contributed by atoms with Crippen LogP contribution in [0.4, 0.5) is 5.69 Å². The minimum Gasteiger partial charge on any atom is -0.321 e. The predicted octanol–water partition coefficient (Wildman–Crippen LogP) is 2.57. The maximum Gasteiger partial charge on any atom is 0.256 e. The topological polar surface area (TPSA) is 42.0 Å². The van der Waals surface area contributed by atoms with E-state index in [9.17, 15) is 4.79 Å². The highest BCUT2D eigenvalue weighted by Gasteiger charge is 2.22. The fourth-order valence-corrected chi connectivity index (χ4v) is 1.91. The van der Waals surface area contributed by atoms with E-state index in [-0.39, 0.29) is 5.91 Å². The molecule has 3 nitrogen and oxygen atoms in total. The molecule has 1 aromatic carbocycles. The standard InChI is InChI=1S/C14H10N2O/c17-14-12(8-10-4-3-7-15-9-10)11-5-1-2-6-13(11)16-14/h1-9H,(H,16,17). The van der Waals surface area contributed by atoms with Gasteiger partial charge in [-0.1, -0.05) is 24.3 Å². The minimum absolute atomic E-state index is 0.0601. The molecule has 0 saturated heterocycles. The second-order valence-electron chi connectivity index (χ2n) is 3.84. The molecule has 0 unspecified atom stereocenters. The first-order chi connectivity index (χ1) is 8.34. The van der Waals surface area contributed by atoms with Crippen LogP contribution < -0.4 is 5.32 Å². The minimum atomic E-state index is -0.0601. The summed E-state index contributed by atoms with van der Waals surface area (Å²) in [5.74, 6) is -0.0601. The highest BCUT2D eigenvalue weighted by atomic mass is 16.1. The van der Waals surface area contributed by atoms with Crippen LogP contribution in [-0.2, 0) is 4.79 Å². The van der Waals surface area contributed by atoms with Crippen molar-refractivity contribution in [2.24, 2.45) is 0 Å². The molecule has 0 saturated carbocycles. The third-order valence-corrected chi connectivity index (χ3v) is 2.71. The Labute approximate surface area is 98.8 Å². The van der Waals surface area contributed by atoms with Crippen molar-refractivity contribution in [3.05, 3.63) is 59.9 Å². The molecule has 0 fully saturated rings. The lowest BCUT2D eigenvalue weighted by Gasteiger charge is -1.97. The monoisotopic (exact) mass is 222 g/mol. The average molecular weight is 222 g/mol. The van der Waals surface area contributed by atoms with Gasteiger partial charge in [0.25, 0.3) is 5.91 Å². The number of para-hydroxylation sites is 1. The number of carbonyl (C=O) groups is 1. The van der Waals surface area contributed by atoms with Crippen LogP contribution in [0.5, 0.6) is 0 Å². The molecule has 1 aromatic heterocycles. The second kappa shape index (κ2) is 3.87. The fraction of sp³-hybridized carbons (Fsp3) is 0. The summed E-state index contributed by atoms with van der Waals surface area (Å²) in [5, 5.41) is 2.84. The molecule has 0 aliphatic carbocycles. The summed E-state index contributed by atoms with van der Waals surface area (Å²) in [4.78, 5) is 15.9. The lowest BCUT2D eigenvalue weighted by Crippen LogP contribution is -2.03. The summed E-state index contributed by atoms with van der Waals surface area (Å²) < 4.78 is 0. The number of hydrogen-bond acceptors (Lipinski definition) is 2. The van der Waals surface area contributed by atoms with E-state index in [1.807, 2.05) is 42.5 Å². The third-order valence-electron chi connectivity index (χ3n) is 2.71. The molecule has 17 heavy (non-hydrogen) atoms. The SMILES string of the molecule is O=C1Nc2ccccc2C1=Cc1cccnc1. The van der Waals surface area contributed by atoms with Crippen LogP contribution in [0.1, 0.15) is 11.1 Å². The highest BCUT2D eigenvalue weighted by Crippen LogP contribution is 2.32. The van der Waals surface area contributed by atoms with Crippen molar-refractivity contribution in [3.8, 4) is 0 Å². The first-order valence-electron chi connectivity index (χ1n) is 5.37. The number of amides is 1. The predicted molar refractivity (Wildman–Crippen MR) is 67.2 cm³/mol. The van der Waals surface area contributed by atoms with Gasteiger partial charge in [-0.3, -0.25) is 9.78 Å². The van der Waals surface area contributed by atoms with E-state index >= 15 is 0 Å². The molecule has 1 aliphatic heterocycles. The molecule has 3 rings (SSSR count). The van der Waals surface area contributed by atoms with E-state index in [0.29, 0.717) is 5.57 Å². The second-order valence-corrected chi connectivity index (χ2v) is 3.84. The molecule has 82 valence electrons. The normalized spacial score (nSPS) is 15.8. The van der Waals surface area contributed by atoms with Crippen LogP contribution in [0, 0.1) is 0 Å². The number of fused-ring (bicyclic) bond motifs is 1. The Morgan fingerprint density at radius 2 is 2.00 bits per heavy atom. The van der Waals surface area contributed by atoms with Gasteiger partial charge in [0.1, 0.15) is 0 Å². The maximum absolute atomic E-state index is 11.8. The van der Waals surface area contributed by atoms with Crippen molar-refractivity contribution in [3.63, 3.8) is 0 Å². The summed E-state index contributed by atoms with van der Waals surface area (Å²) >= 11 is 0. The van der Waals surface area contributed by atoms with Gasteiger partial charge in [0.05, 0.1) is 0 Å². The Balaban J connectivity index is 2.10. The van der Waals surface area contributed by atoms with Gasteiger partial charge in [-0.25, -0.2) is 0 Å². The highest BCUT2D eigenvalue weighted by molar-refractivity contribution is 6.34. The van der Waals surface area contributed by atoms with Crippen molar-refractivity contribution < 1.29 is 4.79 Å². The Bertz CT molecular complexity index is 603. The molecule has 0 bridgehead atoms. The number of aromatic nitrogens is 1. The molecule has 3 heteroatoms. The number of anilines is 1. The van der Waals surface area contributed by atoms with Gasteiger partial charge in [0.15, 0.2) is 0 Å². The average Bonchev–Trinajstić information content (AvgIpc) is 2.68. The quantitative estimate of drug-likeness (QED) is 0.753. The number of nitrogens with zero attached hydrogens (tertiary/aromatic N) is 1. The fourth-order valence-electron chi connectivity index (χ4n) is 1.91. The molecule has 2 heterocycles. The Morgan fingerprint density at radius 3 is 2.82 bits per heavy atom. The zero-order chi connectivity index (χ0) is 11.7. The smallest absolute Gasteiger partial charge is 0.256 e. The van der Waals surface area contributed by atoms with E-state index < -0.39 is 0 Å². The molecule has 0 spiro atoms. The lowest BCUT2D eigenvalue weighted by atomic mass is 10.1. The van der Waals surface area contributed by atoms with Crippen LogP contribution >= 0.6 is 0 Å². The summed E-state index contributed by atoms with van der Waals surface area (Å²) in [6.07, 6.45) is 5.31. The van der Waals surface area contributed by atoms with Crippen LogP contribution in [0.2, 0.25) is 0 Å². The summed E-state index contributed by atoms with van der Waals surface area (Å²) in [5.41, 5.74) is 3.43. The number of rotatable bonds is 1. The van der Waals surface area contributed by atoms with Crippen molar-refractivity contribution in [1.82, 2.24) is 4.98 Å². The third kappa shape index (κ3) is 1.72. The zero-order valence-electron chi connectivity index (χ0n) is 9.05. The van der Waals surface area contributed by atoms with E-state index in [1.54, 1.807) is 12.4 Å². The zero-order valence-corrected chi connectivity index (χ0v) is 9.05. The molecule has 1 N–H and O–H groups in total. The van der Waals surface area contributed by atoms with E-state index in [1.165, 1.54) is 0 Å². The first kappa shape index (κ1) is 9.78. The van der Waals surface area contributed by atoms with E-state index in [2.05, 4.69) is 10.3 Å². The number of nitrogens with one attached hydrogen (secondary N) is 1. The molecule has 1 amide bonds. The van der Waals surface area contributed by atoms with Gasteiger partial charge in [-0.15, -0.1) is 0 Å². The number of benzene rings is 1. The maximum atomic E-state index is 11.8. The Kier molecular flexibility index (Phi) is 2.22. The van der Waals surface area contributed by atoms with Gasteiger partial charge in [-0.2, -0.15) is 0 Å². The van der Waals surface area contributed by atoms with Crippen LogP contribution in [0.3, 0.4) is 0 Å². The summed E-state index contributed by atoms with van der Waals surface area (Å²) in [6, 6.07) is 11.5. The number of hydrogen-bond donors (Lipinski definition) is 1. The van der Waals surface area contributed by atoms with Crippen molar-refractivity contribution >= 4 is 23.2 Å². The van der Waals surface area contributed by atoms with Crippen LogP contribution in [0.25, 0.3) is 11.6 Å². The number of carbonyl (C=O) groups excluding carboxylic acids is 1. The van der Waals surface area contributed by atoms with E-state index in [0.717, 1.165) is 16.8 Å². The van der Waals surface area contributed by atoms with Crippen LogP contribution in [-0.4, -0.2) is 10.9 Å². The summed E-state index contributed by atoms with van der Waals surface area (Å²) in [7, 11) is 0.